The van der Waals surface area contributed by atoms with E-state index in [1.807, 2.05) is 52.3 Å². The van der Waals surface area contributed by atoms with Crippen LogP contribution in [0.1, 0.15) is 12.8 Å². The Balaban J connectivity index is 1.28. The van der Waals surface area contributed by atoms with Gasteiger partial charge in [0.15, 0.2) is 5.82 Å². The average molecular weight is 352 g/mol. The van der Waals surface area contributed by atoms with Crippen LogP contribution in [-0.4, -0.2) is 54.5 Å². The summed E-state index contributed by atoms with van der Waals surface area (Å²) in [5, 5.41) is 12.4. The molecule has 0 spiro atoms. The van der Waals surface area contributed by atoms with Gasteiger partial charge in [-0.1, -0.05) is 0 Å². The van der Waals surface area contributed by atoms with E-state index in [0.717, 1.165) is 12.8 Å². The number of nitrogens with zero attached hydrogens (tertiary/aromatic N) is 6. The molecule has 4 heterocycles. The molecule has 0 radical (unpaired) electrons. The summed E-state index contributed by atoms with van der Waals surface area (Å²) < 4.78 is 9.45. The second-order valence-corrected chi connectivity index (χ2v) is 6.23. The van der Waals surface area contributed by atoms with Crippen LogP contribution in [0.15, 0.2) is 55.1 Å². The average Bonchev–Trinajstić information content (AvgIpc) is 3.37. The molecule has 0 saturated carbocycles. The van der Waals surface area contributed by atoms with Gasteiger partial charge in [0.05, 0.1) is 0 Å². The van der Waals surface area contributed by atoms with Crippen molar-refractivity contribution in [3.63, 3.8) is 0 Å². The van der Waals surface area contributed by atoms with E-state index < -0.39 is 0 Å². The molecular weight excluding hydrogens is 332 g/mol. The van der Waals surface area contributed by atoms with Gasteiger partial charge in [0, 0.05) is 56.8 Å². The highest BCUT2D eigenvalue weighted by Gasteiger charge is 2.24. The molecule has 4 rings (SSSR count). The third kappa shape index (κ3) is 3.74. The SMILES string of the molecule is O=C(Cn1cccc1)N1CCC(Oc2ccc(-n3cccn3)nn2)CC1. The third-order valence-corrected chi connectivity index (χ3v) is 4.43. The molecule has 1 saturated heterocycles. The maximum Gasteiger partial charge on any atom is 0.242 e. The van der Waals surface area contributed by atoms with Crippen molar-refractivity contribution in [2.24, 2.45) is 0 Å². The number of hydrogen-bond acceptors (Lipinski definition) is 5. The van der Waals surface area contributed by atoms with Crippen molar-refractivity contribution in [2.45, 2.75) is 25.5 Å². The van der Waals surface area contributed by atoms with Crippen molar-refractivity contribution in [3.05, 3.63) is 55.1 Å². The number of ether oxygens (including phenoxy) is 1. The number of rotatable bonds is 5. The molecule has 0 bridgehead atoms. The molecule has 1 aliphatic rings. The molecule has 1 fully saturated rings. The number of carbonyl (C=O) groups is 1. The lowest BCUT2D eigenvalue weighted by Gasteiger charge is -2.32. The lowest BCUT2D eigenvalue weighted by molar-refractivity contribution is -0.133. The van der Waals surface area contributed by atoms with Crippen LogP contribution < -0.4 is 4.74 Å². The highest BCUT2D eigenvalue weighted by molar-refractivity contribution is 5.76. The predicted molar refractivity (Wildman–Crippen MR) is 93.8 cm³/mol. The van der Waals surface area contributed by atoms with E-state index in [-0.39, 0.29) is 12.0 Å². The Morgan fingerprint density at radius 3 is 2.54 bits per heavy atom. The zero-order valence-corrected chi connectivity index (χ0v) is 14.3. The molecule has 0 unspecified atom stereocenters. The van der Waals surface area contributed by atoms with Gasteiger partial charge in [-0.3, -0.25) is 4.79 Å². The van der Waals surface area contributed by atoms with Crippen molar-refractivity contribution >= 4 is 5.91 Å². The Morgan fingerprint density at radius 2 is 1.88 bits per heavy atom. The molecule has 8 heteroatoms. The van der Waals surface area contributed by atoms with Crippen LogP contribution in [0.2, 0.25) is 0 Å². The van der Waals surface area contributed by atoms with Crippen LogP contribution in [0.25, 0.3) is 5.82 Å². The van der Waals surface area contributed by atoms with Crippen LogP contribution >= 0.6 is 0 Å². The van der Waals surface area contributed by atoms with E-state index in [9.17, 15) is 4.79 Å². The van der Waals surface area contributed by atoms with Gasteiger partial charge in [0.25, 0.3) is 0 Å². The van der Waals surface area contributed by atoms with Crippen LogP contribution in [0, 0.1) is 0 Å². The van der Waals surface area contributed by atoms with Gasteiger partial charge in [0.1, 0.15) is 12.6 Å². The lowest BCUT2D eigenvalue weighted by Crippen LogP contribution is -2.43. The van der Waals surface area contributed by atoms with Gasteiger partial charge in [-0.25, -0.2) is 4.68 Å². The summed E-state index contributed by atoms with van der Waals surface area (Å²) >= 11 is 0. The van der Waals surface area contributed by atoms with Crippen LogP contribution in [0.3, 0.4) is 0 Å². The first-order chi connectivity index (χ1) is 12.8. The molecule has 8 nitrogen and oxygen atoms in total. The number of piperidine rings is 1. The zero-order valence-electron chi connectivity index (χ0n) is 14.3. The van der Waals surface area contributed by atoms with E-state index in [1.165, 1.54) is 0 Å². The van der Waals surface area contributed by atoms with Crippen molar-refractivity contribution in [3.8, 4) is 11.7 Å². The van der Waals surface area contributed by atoms with Crippen LogP contribution in [0.4, 0.5) is 0 Å². The van der Waals surface area contributed by atoms with Crippen molar-refractivity contribution in [2.75, 3.05) is 13.1 Å². The largest absolute Gasteiger partial charge is 0.473 e. The van der Waals surface area contributed by atoms with Gasteiger partial charge in [-0.15, -0.1) is 10.2 Å². The maximum absolute atomic E-state index is 12.3. The summed E-state index contributed by atoms with van der Waals surface area (Å²) in [5.41, 5.74) is 0. The number of amides is 1. The van der Waals surface area contributed by atoms with Crippen molar-refractivity contribution in [1.82, 2.24) is 29.4 Å². The first-order valence-corrected chi connectivity index (χ1v) is 8.67. The molecule has 134 valence electrons. The fourth-order valence-electron chi connectivity index (χ4n) is 3.03. The van der Waals surface area contributed by atoms with E-state index in [4.69, 9.17) is 4.74 Å². The summed E-state index contributed by atoms with van der Waals surface area (Å²) in [7, 11) is 0. The van der Waals surface area contributed by atoms with Gasteiger partial charge in [-0.05, 0) is 24.3 Å². The molecule has 3 aromatic rings. The summed E-state index contributed by atoms with van der Waals surface area (Å²) in [6, 6.07) is 9.30. The second kappa shape index (κ2) is 7.38. The monoisotopic (exact) mass is 352 g/mol. The minimum Gasteiger partial charge on any atom is -0.473 e. The van der Waals surface area contributed by atoms with Gasteiger partial charge in [0.2, 0.25) is 11.8 Å². The Labute approximate surface area is 151 Å². The number of likely N-dealkylation sites (tertiary alicyclic amines) is 1. The minimum absolute atomic E-state index is 0.0514. The normalized spacial score (nSPS) is 15.2. The summed E-state index contributed by atoms with van der Waals surface area (Å²) in [6.45, 7) is 1.78. The molecule has 0 aromatic carbocycles. The molecule has 0 atom stereocenters. The van der Waals surface area contributed by atoms with Gasteiger partial charge in [-0.2, -0.15) is 5.10 Å². The Kier molecular flexibility index (Phi) is 4.63. The number of carbonyl (C=O) groups excluding carboxylic acids is 1. The first-order valence-electron chi connectivity index (χ1n) is 8.67. The lowest BCUT2D eigenvalue weighted by atomic mass is 10.1. The predicted octanol–water partition coefficient (Wildman–Crippen LogP) is 1.53. The van der Waals surface area contributed by atoms with E-state index in [1.54, 1.807) is 16.9 Å². The van der Waals surface area contributed by atoms with Crippen LogP contribution in [-0.2, 0) is 11.3 Å². The van der Waals surface area contributed by atoms with Gasteiger partial charge >= 0.3 is 0 Å². The quantitative estimate of drug-likeness (QED) is 0.696. The summed E-state index contributed by atoms with van der Waals surface area (Å²) in [6.07, 6.45) is 8.94. The zero-order chi connectivity index (χ0) is 17.8. The Hall–Kier alpha value is -3.16. The fourth-order valence-corrected chi connectivity index (χ4v) is 3.03. The smallest absolute Gasteiger partial charge is 0.242 e. The van der Waals surface area contributed by atoms with Crippen molar-refractivity contribution in [1.29, 1.82) is 0 Å². The third-order valence-electron chi connectivity index (χ3n) is 4.43. The number of hydrogen-bond donors (Lipinski definition) is 0. The minimum atomic E-state index is 0.0514. The molecule has 3 aromatic heterocycles. The van der Waals surface area contributed by atoms with E-state index in [0.29, 0.717) is 31.3 Å². The summed E-state index contributed by atoms with van der Waals surface area (Å²) in [5.74, 6) is 1.29. The van der Waals surface area contributed by atoms with E-state index in [2.05, 4.69) is 15.3 Å². The van der Waals surface area contributed by atoms with Crippen molar-refractivity contribution < 1.29 is 9.53 Å². The topological polar surface area (TPSA) is 78.1 Å². The molecule has 1 aliphatic heterocycles. The number of aromatic nitrogens is 5. The molecule has 0 N–H and O–H groups in total. The van der Waals surface area contributed by atoms with E-state index >= 15 is 0 Å². The first kappa shape index (κ1) is 16.3. The van der Waals surface area contributed by atoms with Gasteiger partial charge < -0.3 is 14.2 Å². The van der Waals surface area contributed by atoms with Crippen LogP contribution in [0.5, 0.6) is 5.88 Å². The fraction of sp³-hybridized carbons (Fsp3) is 0.333. The molecular formula is C18H20N6O2. The highest BCUT2D eigenvalue weighted by atomic mass is 16.5. The second-order valence-electron chi connectivity index (χ2n) is 6.23. The maximum atomic E-state index is 12.3. The standard InChI is InChI=1S/C18H20N6O2/c25-18(14-22-9-1-2-10-22)23-12-6-15(7-13-23)26-17-5-4-16(20-21-17)24-11-3-8-19-24/h1-5,8-11,15H,6-7,12-14H2. The molecule has 26 heavy (non-hydrogen) atoms. The molecule has 0 aliphatic carbocycles. The Morgan fingerprint density at radius 1 is 1.08 bits per heavy atom. The Bertz CT molecular complexity index is 821. The summed E-state index contributed by atoms with van der Waals surface area (Å²) in [4.78, 5) is 14.2. The molecule has 1 amide bonds. The highest BCUT2D eigenvalue weighted by Crippen LogP contribution is 2.17.